The van der Waals surface area contributed by atoms with Crippen LogP contribution in [0.25, 0.3) is 0 Å². The fraction of sp³-hybridized carbons (Fsp3) is 0.545. The Morgan fingerprint density at radius 3 is 2.76 bits per heavy atom. The Bertz CT molecular complexity index is 655. The Morgan fingerprint density at radius 2 is 2.19 bits per heavy atom. The molecular formula is C11H15N3O5S2. The molecule has 116 valence electrons. The highest BCUT2D eigenvalue weighted by Crippen LogP contribution is 2.24. The van der Waals surface area contributed by atoms with Crippen molar-refractivity contribution in [1.82, 2.24) is 9.29 Å². The van der Waals surface area contributed by atoms with Gasteiger partial charge in [-0.15, -0.1) is 11.3 Å². The minimum absolute atomic E-state index is 0.0508. The number of hydrogen-bond donors (Lipinski definition) is 2. The van der Waals surface area contributed by atoms with Crippen molar-refractivity contribution in [3.05, 3.63) is 11.1 Å². The molecule has 1 unspecified atom stereocenters. The number of carboxylic acid groups (broad SMARTS) is 1. The lowest BCUT2D eigenvalue weighted by atomic mass is 10.1. The lowest BCUT2D eigenvalue weighted by molar-refractivity contribution is -0.142. The number of thiazole rings is 1. The number of aromatic nitrogens is 1. The highest BCUT2D eigenvalue weighted by Gasteiger charge is 2.37. The van der Waals surface area contributed by atoms with Crippen LogP contribution in [0.15, 0.2) is 5.38 Å². The molecule has 0 saturated carbocycles. The van der Waals surface area contributed by atoms with Crippen molar-refractivity contribution >= 4 is 38.4 Å². The van der Waals surface area contributed by atoms with Crippen molar-refractivity contribution in [2.24, 2.45) is 0 Å². The molecule has 0 spiro atoms. The number of nitrogens with zero attached hydrogens (tertiary/aromatic N) is 2. The van der Waals surface area contributed by atoms with E-state index in [4.69, 9.17) is 5.11 Å². The molecule has 1 atom stereocenters. The topological polar surface area (TPSA) is 117 Å². The Balaban J connectivity index is 2.19. The van der Waals surface area contributed by atoms with Crippen LogP contribution in [-0.4, -0.2) is 47.2 Å². The molecule has 0 aliphatic carbocycles. The second kappa shape index (κ2) is 6.08. The maximum absolute atomic E-state index is 12.3. The van der Waals surface area contributed by atoms with E-state index >= 15 is 0 Å². The van der Waals surface area contributed by atoms with E-state index in [0.717, 1.165) is 15.6 Å². The summed E-state index contributed by atoms with van der Waals surface area (Å²) in [5.41, 5.74) is 0.172. The zero-order valence-electron chi connectivity index (χ0n) is 11.3. The van der Waals surface area contributed by atoms with Gasteiger partial charge in [-0.2, -0.15) is 12.7 Å². The number of Topliss-reactive ketones (excluding diaryl/α,β-unsaturated/α-hetero) is 1. The Hall–Kier alpha value is -1.52. The summed E-state index contributed by atoms with van der Waals surface area (Å²) in [5.74, 6) is -1.43. The number of nitrogens with one attached hydrogen (secondary N) is 1. The van der Waals surface area contributed by atoms with Gasteiger partial charge in [0.1, 0.15) is 11.7 Å². The van der Waals surface area contributed by atoms with Gasteiger partial charge in [-0.25, -0.2) is 9.71 Å². The Labute approximate surface area is 126 Å². The van der Waals surface area contributed by atoms with E-state index < -0.39 is 22.2 Å². The van der Waals surface area contributed by atoms with E-state index in [9.17, 15) is 18.0 Å². The number of piperidine rings is 1. The lowest BCUT2D eigenvalue weighted by Crippen LogP contribution is -2.49. The first-order chi connectivity index (χ1) is 9.81. The van der Waals surface area contributed by atoms with E-state index in [2.05, 4.69) is 9.71 Å². The lowest BCUT2D eigenvalue weighted by Gasteiger charge is -2.31. The van der Waals surface area contributed by atoms with Gasteiger partial charge < -0.3 is 5.11 Å². The molecule has 2 rings (SSSR count). The number of anilines is 1. The third-order valence-corrected chi connectivity index (χ3v) is 5.52. The molecule has 8 nitrogen and oxygen atoms in total. The molecule has 1 fully saturated rings. The van der Waals surface area contributed by atoms with Gasteiger partial charge in [0.15, 0.2) is 10.9 Å². The van der Waals surface area contributed by atoms with Gasteiger partial charge in [-0.3, -0.25) is 9.59 Å². The van der Waals surface area contributed by atoms with Crippen LogP contribution in [0.1, 0.15) is 36.7 Å². The summed E-state index contributed by atoms with van der Waals surface area (Å²) < 4.78 is 27.7. The van der Waals surface area contributed by atoms with Gasteiger partial charge in [-0.1, -0.05) is 0 Å². The standard InChI is InChI=1S/C11H15N3O5S2/c1-7(15)8-6-20-11(12-8)13-21(18,19)14-5-3-2-4-9(14)10(16)17/h6,9H,2-5H2,1H3,(H,12,13)(H,16,17). The van der Waals surface area contributed by atoms with Crippen molar-refractivity contribution in [3.63, 3.8) is 0 Å². The van der Waals surface area contributed by atoms with Crippen LogP contribution < -0.4 is 4.72 Å². The predicted molar refractivity (Wildman–Crippen MR) is 76.6 cm³/mol. The van der Waals surface area contributed by atoms with E-state index in [0.29, 0.717) is 12.8 Å². The maximum atomic E-state index is 12.3. The quantitative estimate of drug-likeness (QED) is 0.775. The summed E-state index contributed by atoms with van der Waals surface area (Å²) in [5, 5.41) is 10.6. The Kier molecular flexibility index (Phi) is 4.59. The first kappa shape index (κ1) is 15.9. The van der Waals surface area contributed by atoms with Crippen LogP contribution in [0, 0.1) is 0 Å². The summed E-state index contributed by atoms with van der Waals surface area (Å²) in [6.45, 7) is 1.48. The highest BCUT2D eigenvalue weighted by molar-refractivity contribution is 7.90. The van der Waals surface area contributed by atoms with Crippen molar-refractivity contribution in [3.8, 4) is 0 Å². The summed E-state index contributed by atoms with van der Waals surface area (Å²) >= 11 is 0.982. The first-order valence-electron chi connectivity index (χ1n) is 6.30. The summed E-state index contributed by atoms with van der Waals surface area (Å²) in [7, 11) is -4.00. The minimum atomic E-state index is -4.00. The third kappa shape index (κ3) is 3.57. The van der Waals surface area contributed by atoms with Crippen molar-refractivity contribution < 1.29 is 23.1 Å². The number of rotatable bonds is 5. The van der Waals surface area contributed by atoms with Crippen molar-refractivity contribution in [1.29, 1.82) is 0 Å². The molecule has 2 heterocycles. The summed E-state index contributed by atoms with van der Waals surface area (Å²) in [4.78, 5) is 26.2. The molecule has 2 N–H and O–H groups in total. The van der Waals surface area contributed by atoms with Crippen LogP contribution in [0.3, 0.4) is 0 Å². The van der Waals surface area contributed by atoms with Crippen LogP contribution in [0.2, 0.25) is 0 Å². The number of carbonyl (C=O) groups excluding carboxylic acids is 1. The largest absolute Gasteiger partial charge is 0.480 e. The summed E-state index contributed by atoms with van der Waals surface area (Å²) in [6, 6.07) is -1.07. The maximum Gasteiger partial charge on any atom is 0.322 e. The molecule has 0 aromatic carbocycles. The molecule has 1 aliphatic heterocycles. The normalized spacial score (nSPS) is 20.1. The van der Waals surface area contributed by atoms with Gasteiger partial charge in [0.25, 0.3) is 0 Å². The summed E-state index contributed by atoms with van der Waals surface area (Å²) in [6.07, 6.45) is 1.57. The van der Waals surface area contributed by atoms with E-state index in [1.54, 1.807) is 0 Å². The Morgan fingerprint density at radius 1 is 1.48 bits per heavy atom. The minimum Gasteiger partial charge on any atom is -0.480 e. The zero-order chi connectivity index (χ0) is 15.6. The van der Waals surface area contributed by atoms with Crippen LogP contribution in [0.5, 0.6) is 0 Å². The highest BCUT2D eigenvalue weighted by atomic mass is 32.2. The van der Waals surface area contributed by atoms with Gasteiger partial charge in [0.2, 0.25) is 0 Å². The SMILES string of the molecule is CC(=O)c1csc(NS(=O)(=O)N2CCCCC2C(=O)O)n1. The van der Waals surface area contributed by atoms with Crippen molar-refractivity contribution in [2.75, 3.05) is 11.3 Å². The number of carbonyl (C=O) groups is 2. The van der Waals surface area contributed by atoms with E-state index in [1.807, 2.05) is 0 Å². The van der Waals surface area contributed by atoms with E-state index in [1.165, 1.54) is 12.3 Å². The molecule has 0 radical (unpaired) electrons. The van der Waals surface area contributed by atoms with Gasteiger partial charge in [0.05, 0.1) is 0 Å². The monoisotopic (exact) mass is 333 g/mol. The molecule has 1 saturated heterocycles. The molecule has 21 heavy (non-hydrogen) atoms. The fourth-order valence-electron chi connectivity index (χ4n) is 2.09. The number of carboxylic acids is 1. The smallest absolute Gasteiger partial charge is 0.322 e. The first-order valence-corrected chi connectivity index (χ1v) is 8.62. The fourth-order valence-corrected chi connectivity index (χ4v) is 4.48. The van der Waals surface area contributed by atoms with Crippen LogP contribution in [0.4, 0.5) is 5.13 Å². The molecular weight excluding hydrogens is 318 g/mol. The number of aliphatic carboxylic acids is 1. The van der Waals surface area contributed by atoms with Gasteiger partial charge >= 0.3 is 16.2 Å². The van der Waals surface area contributed by atoms with Crippen LogP contribution in [-0.2, 0) is 15.0 Å². The zero-order valence-corrected chi connectivity index (χ0v) is 12.9. The molecule has 0 bridgehead atoms. The van der Waals surface area contributed by atoms with Gasteiger partial charge in [0, 0.05) is 18.8 Å². The second-order valence-electron chi connectivity index (χ2n) is 4.66. The second-order valence-corrected chi connectivity index (χ2v) is 7.14. The van der Waals surface area contributed by atoms with Gasteiger partial charge in [-0.05, 0) is 19.3 Å². The average molecular weight is 333 g/mol. The van der Waals surface area contributed by atoms with E-state index in [-0.39, 0.29) is 29.6 Å². The van der Waals surface area contributed by atoms with Crippen molar-refractivity contribution in [2.45, 2.75) is 32.2 Å². The third-order valence-electron chi connectivity index (χ3n) is 3.13. The predicted octanol–water partition coefficient (Wildman–Crippen LogP) is 0.942. The molecule has 0 amide bonds. The molecule has 1 aromatic heterocycles. The molecule has 1 aromatic rings. The number of ketones is 1. The molecule has 10 heteroatoms. The average Bonchev–Trinajstić information content (AvgIpc) is 2.86. The molecule has 1 aliphatic rings. The van der Waals surface area contributed by atoms with Crippen LogP contribution >= 0.6 is 11.3 Å². The number of hydrogen-bond acceptors (Lipinski definition) is 6.